The molecule has 1 N–H and O–H groups in total. The van der Waals surface area contributed by atoms with Gasteiger partial charge < -0.3 is 10.1 Å². The number of hydrogen-bond acceptors (Lipinski definition) is 4. The number of imidazole rings is 1. The first-order valence-electron chi connectivity index (χ1n) is 8.52. The van der Waals surface area contributed by atoms with Gasteiger partial charge in [0.15, 0.2) is 0 Å². The summed E-state index contributed by atoms with van der Waals surface area (Å²) in [5, 5.41) is 2.93. The second-order valence-corrected chi connectivity index (χ2v) is 6.07. The van der Waals surface area contributed by atoms with E-state index in [0.29, 0.717) is 22.8 Å². The van der Waals surface area contributed by atoms with Gasteiger partial charge in [-0.2, -0.15) is 0 Å². The van der Waals surface area contributed by atoms with Crippen molar-refractivity contribution in [1.82, 2.24) is 14.4 Å². The molecule has 6 heteroatoms. The Kier molecular flexibility index (Phi) is 4.30. The van der Waals surface area contributed by atoms with Crippen LogP contribution in [-0.4, -0.2) is 27.4 Å². The van der Waals surface area contributed by atoms with Crippen LogP contribution < -0.4 is 10.1 Å². The first-order valence-corrected chi connectivity index (χ1v) is 8.52. The fraction of sp³-hybridized carbons (Fsp3) is 0.0952. The number of aryl methyl sites for hydroxylation is 1. The van der Waals surface area contributed by atoms with E-state index < -0.39 is 0 Å². The normalized spacial score (nSPS) is 10.7. The minimum Gasteiger partial charge on any atom is -0.496 e. The third-order valence-corrected chi connectivity index (χ3v) is 4.39. The summed E-state index contributed by atoms with van der Waals surface area (Å²) in [6.45, 7) is 2.00. The number of hydrogen-bond donors (Lipinski definition) is 1. The molecule has 4 aromatic rings. The summed E-state index contributed by atoms with van der Waals surface area (Å²) in [4.78, 5) is 21.5. The summed E-state index contributed by atoms with van der Waals surface area (Å²) in [5.41, 5.74) is 3.91. The molecule has 0 atom stereocenters. The highest BCUT2D eigenvalue weighted by molar-refractivity contribution is 6.06. The van der Waals surface area contributed by atoms with Crippen LogP contribution in [0.4, 0.5) is 5.69 Å². The van der Waals surface area contributed by atoms with Crippen LogP contribution in [0.25, 0.3) is 17.0 Å². The maximum atomic E-state index is 12.6. The Hall–Kier alpha value is -3.67. The molecule has 6 nitrogen and oxygen atoms in total. The largest absolute Gasteiger partial charge is 0.496 e. The molecule has 134 valence electrons. The second kappa shape index (κ2) is 6.92. The number of nitrogens with one attached hydrogen (secondary N) is 1. The molecule has 0 spiro atoms. The number of amides is 1. The number of fused-ring (bicyclic) bond motifs is 1. The van der Waals surface area contributed by atoms with Crippen LogP contribution in [-0.2, 0) is 0 Å². The summed E-state index contributed by atoms with van der Waals surface area (Å²) in [5.74, 6) is 0.958. The van der Waals surface area contributed by atoms with Crippen LogP contribution in [0.3, 0.4) is 0 Å². The number of rotatable bonds is 4. The molecule has 0 fully saturated rings. The molecule has 4 rings (SSSR count). The minimum absolute atomic E-state index is 0.224. The van der Waals surface area contributed by atoms with Crippen molar-refractivity contribution in [1.29, 1.82) is 0 Å². The molecule has 0 aliphatic heterocycles. The van der Waals surface area contributed by atoms with E-state index in [-0.39, 0.29) is 5.91 Å². The molecule has 0 saturated heterocycles. The van der Waals surface area contributed by atoms with Gasteiger partial charge in [-0.1, -0.05) is 24.3 Å². The standard InChI is InChI=1S/C21H18N4O2/c1-14-19(24-21-22-11-6-12-25(14)21)15-7-5-8-16(13-15)23-20(26)17-9-3-4-10-18(17)27-2/h3-13H,1-2H3,(H,23,26). The topological polar surface area (TPSA) is 68.5 Å². The summed E-state index contributed by atoms with van der Waals surface area (Å²) in [6, 6.07) is 16.6. The van der Waals surface area contributed by atoms with Gasteiger partial charge in [0.05, 0.1) is 18.4 Å². The third kappa shape index (κ3) is 3.13. The Morgan fingerprint density at radius 2 is 1.96 bits per heavy atom. The molecule has 27 heavy (non-hydrogen) atoms. The molecular formula is C21H18N4O2. The number of aromatic nitrogens is 3. The van der Waals surface area contributed by atoms with E-state index in [1.165, 1.54) is 0 Å². The van der Waals surface area contributed by atoms with Gasteiger partial charge in [0.2, 0.25) is 5.78 Å². The molecule has 0 aliphatic carbocycles. The molecular weight excluding hydrogens is 340 g/mol. The Morgan fingerprint density at radius 3 is 2.78 bits per heavy atom. The van der Waals surface area contributed by atoms with Gasteiger partial charge in [0.1, 0.15) is 5.75 Å². The molecule has 0 unspecified atom stereocenters. The lowest BCUT2D eigenvalue weighted by Crippen LogP contribution is -2.13. The van der Waals surface area contributed by atoms with Gasteiger partial charge in [0, 0.05) is 29.3 Å². The van der Waals surface area contributed by atoms with E-state index >= 15 is 0 Å². The molecule has 0 saturated carbocycles. The number of nitrogens with zero attached hydrogens (tertiary/aromatic N) is 3. The van der Waals surface area contributed by atoms with Crippen molar-refractivity contribution in [2.75, 3.05) is 12.4 Å². The lowest BCUT2D eigenvalue weighted by Gasteiger charge is -2.10. The number of anilines is 1. The predicted octanol–water partition coefficient (Wildman–Crippen LogP) is 3.97. The zero-order valence-corrected chi connectivity index (χ0v) is 15.0. The molecule has 2 aromatic carbocycles. The second-order valence-electron chi connectivity index (χ2n) is 6.07. The van der Waals surface area contributed by atoms with Gasteiger partial charge in [-0.3, -0.25) is 9.20 Å². The summed E-state index contributed by atoms with van der Waals surface area (Å²) < 4.78 is 7.21. The summed E-state index contributed by atoms with van der Waals surface area (Å²) in [6.07, 6.45) is 3.65. The van der Waals surface area contributed by atoms with Gasteiger partial charge in [-0.15, -0.1) is 0 Å². The highest BCUT2D eigenvalue weighted by Gasteiger charge is 2.14. The Labute approximate surface area is 156 Å². The van der Waals surface area contributed by atoms with Gasteiger partial charge in [0.25, 0.3) is 5.91 Å². The summed E-state index contributed by atoms with van der Waals surface area (Å²) >= 11 is 0. The van der Waals surface area contributed by atoms with Crippen LogP contribution in [0, 0.1) is 6.92 Å². The molecule has 0 radical (unpaired) electrons. The Balaban J connectivity index is 1.66. The lowest BCUT2D eigenvalue weighted by molar-refractivity contribution is 0.102. The number of methoxy groups -OCH3 is 1. The van der Waals surface area contributed by atoms with E-state index in [9.17, 15) is 4.79 Å². The van der Waals surface area contributed by atoms with Crippen LogP contribution in [0.5, 0.6) is 5.75 Å². The van der Waals surface area contributed by atoms with E-state index in [1.54, 1.807) is 31.5 Å². The van der Waals surface area contributed by atoms with Crippen molar-refractivity contribution < 1.29 is 9.53 Å². The SMILES string of the molecule is COc1ccccc1C(=O)Nc1cccc(-c2nc3ncccn3c2C)c1. The van der Waals surface area contributed by atoms with E-state index in [0.717, 1.165) is 17.0 Å². The molecule has 2 aromatic heterocycles. The Bertz CT molecular complexity index is 1130. The van der Waals surface area contributed by atoms with Gasteiger partial charge in [-0.25, -0.2) is 9.97 Å². The van der Waals surface area contributed by atoms with Crippen molar-refractivity contribution in [2.24, 2.45) is 0 Å². The number of carbonyl (C=O) groups is 1. The van der Waals surface area contributed by atoms with Crippen LogP contribution in [0.15, 0.2) is 67.0 Å². The number of ether oxygens (including phenoxy) is 1. The van der Waals surface area contributed by atoms with Gasteiger partial charge >= 0.3 is 0 Å². The quantitative estimate of drug-likeness (QED) is 0.599. The highest BCUT2D eigenvalue weighted by atomic mass is 16.5. The Morgan fingerprint density at radius 1 is 1.11 bits per heavy atom. The predicted molar refractivity (Wildman–Crippen MR) is 104 cm³/mol. The molecule has 0 aliphatic rings. The van der Waals surface area contributed by atoms with Crippen LogP contribution in [0.1, 0.15) is 16.1 Å². The maximum absolute atomic E-state index is 12.6. The zero-order chi connectivity index (χ0) is 18.8. The minimum atomic E-state index is -0.224. The van der Waals surface area contributed by atoms with Gasteiger partial charge in [-0.05, 0) is 37.3 Å². The van der Waals surface area contributed by atoms with E-state index in [4.69, 9.17) is 4.74 Å². The number of para-hydroxylation sites is 1. The van der Waals surface area contributed by atoms with Crippen molar-refractivity contribution in [2.45, 2.75) is 6.92 Å². The van der Waals surface area contributed by atoms with Crippen molar-refractivity contribution >= 4 is 17.4 Å². The molecule has 0 bridgehead atoms. The first kappa shape index (κ1) is 16.8. The summed E-state index contributed by atoms with van der Waals surface area (Å²) in [7, 11) is 1.55. The lowest BCUT2D eigenvalue weighted by atomic mass is 10.1. The maximum Gasteiger partial charge on any atom is 0.259 e. The number of benzene rings is 2. The zero-order valence-electron chi connectivity index (χ0n) is 15.0. The van der Waals surface area contributed by atoms with Crippen LogP contribution in [0.2, 0.25) is 0 Å². The average molecular weight is 358 g/mol. The fourth-order valence-corrected chi connectivity index (χ4v) is 3.05. The molecule has 1 amide bonds. The number of carbonyl (C=O) groups excluding carboxylic acids is 1. The molecule has 2 heterocycles. The highest BCUT2D eigenvalue weighted by Crippen LogP contribution is 2.26. The van der Waals surface area contributed by atoms with E-state index in [1.807, 2.05) is 53.9 Å². The van der Waals surface area contributed by atoms with E-state index in [2.05, 4.69) is 15.3 Å². The van der Waals surface area contributed by atoms with Crippen molar-refractivity contribution in [3.05, 3.63) is 78.2 Å². The van der Waals surface area contributed by atoms with Crippen LogP contribution >= 0.6 is 0 Å². The average Bonchev–Trinajstić information content (AvgIpc) is 3.05. The first-order chi connectivity index (χ1) is 13.2. The smallest absolute Gasteiger partial charge is 0.259 e. The van der Waals surface area contributed by atoms with Crippen molar-refractivity contribution in [3.63, 3.8) is 0 Å². The fourth-order valence-electron chi connectivity index (χ4n) is 3.05. The third-order valence-electron chi connectivity index (χ3n) is 4.39. The van der Waals surface area contributed by atoms with Crippen molar-refractivity contribution in [3.8, 4) is 17.0 Å². The monoisotopic (exact) mass is 358 g/mol.